The molecule has 0 saturated carbocycles. The lowest BCUT2D eigenvalue weighted by Gasteiger charge is -2.32. The average molecular weight is 444 g/mol. The van der Waals surface area contributed by atoms with Gasteiger partial charge in [-0.3, -0.25) is 4.79 Å². The van der Waals surface area contributed by atoms with Crippen LogP contribution in [0.5, 0.6) is 5.75 Å². The van der Waals surface area contributed by atoms with Gasteiger partial charge in [0.25, 0.3) is 5.91 Å². The number of fused-ring (bicyclic) bond motifs is 1. The summed E-state index contributed by atoms with van der Waals surface area (Å²) < 4.78 is 22.3. The number of carbonyl (C=O) groups is 1. The summed E-state index contributed by atoms with van der Waals surface area (Å²) in [4.78, 5) is 19.3. The number of amides is 1. The van der Waals surface area contributed by atoms with Crippen LogP contribution in [-0.2, 0) is 13.2 Å². The summed E-state index contributed by atoms with van der Waals surface area (Å²) in [6.07, 6.45) is 1.73. The van der Waals surface area contributed by atoms with Gasteiger partial charge in [0.15, 0.2) is 0 Å². The zero-order chi connectivity index (χ0) is 22.6. The van der Waals surface area contributed by atoms with Crippen LogP contribution in [0.2, 0.25) is 0 Å². The Morgan fingerprint density at radius 1 is 0.939 bits per heavy atom. The van der Waals surface area contributed by atoms with Gasteiger partial charge in [-0.2, -0.15) is 0 Å². The van der Waals surface area contributed by atoms with E-state index in [1.54, 1.807) is 23.1 Å². The maximum absolute atomic E-state index is 14.0. The number of hydrogen-bond donors (Lipinski definition) is 0. The molecule has 0 unspecified atom stereocenters. The van der Waals surface area contributed by atoms with Gasteiger partial charge in [-0.1, -0.05) is 42.5 Å². The molecule has 5 rings (SSSR count). The highest BCUT2D eigenvalue weighted by Gasteiger charge is 2.26. The Kier molecular flexibility index (Phi) is 6.07. The van der Waals surface area contributed by atoms with Crippen molar-refractivity contribution in [2.45, 2.75) is 26.0 Å². The monoisotopic (exact) mass is 443 g/mol. The fraction of sp³-hybridized carbons (Fsp3) is 0.259. The SMILES string of the molecule is O=C(c1ccccc1F)N1CCC(Cn2c(COc3ccccc3)nc3ccccc32)CC1. The van der Waals surface area contributed by atoms with E-state index >= 15 is 0 Å². The van der Waals surface area contributed by atoms with Crippen LogP contribution in [0.1, 0.15) is 29.0 Å². The number of carbonyl (C=O) groups excluding carboxylic acids is 1. The molecule has 1 amide bonds. The third-order valence-electron chi connectivity index (χ3n) is 6.29. The van der Waals surface area contributed by atoms with Crippen LogP contribution in [0.3, 0.4) is 0 Å². The molecule has 5 nitrogen and oxygen atoms in total. The predicted octanol–water partition coefficient (Wildman–Crippen LogP) is 5.31. The van der Waals surface area contributed by atoms with Gasteiger partial charge in [0.05, 0.1) is 16.6 Å². The zero-order valence-corrected chi connectivity index (χ0v) is 18.4. The van der Waals surface area contributed by atoms with Gasteiger partial charge in [-0.05, 0) is 55.2 Å². The smallest absolute Gasteiger partial charge is 0.256 e. The van der Waals surface area contributed by atoms with Crippen LogP contribution in [0.25, 0.3) is 11.0 Å². The number of ether oxygens (including phenoxy) is 1. The van der Waals surface area contributed by atoms with E-state index in [1.165, 1.54) is 6.07 Å². The molecule has 0 spiro atoms. The molecule has 0 aliphatic carbocycles. The molecule has 33 heavy (non-hydrogen) atoms. The van der Waals surface area contributed by atoms with Gasteiger partial charge >= 0.3 is 0 Å². The first kappa shape index (κ1) is 21.2. The fourth-order valence-electron chi connectivity index (χ4n) is 4.49. The van der Waals surface area contributed by atoms with Crippen LogP contribution >= 0.6 is 0 Å². The molecular formula is C27H26FN3O2. The number of likely N-dealkylation sites (tertiary alicyclic amines) is 1. The van der Waals surface area contributed by atoms with Crippen LogP contribution < -0.4 is 4.74 Å². The van der Waals surface area contributed by atoms with Gasteiger partial charge in [-0.15, -0.1) is 0 Å². The maximum Gasteiger partial charge on any atom is 0.256 e. The number of imidazole rings is 1. The highest BCUT2D eigenvalue weighted by atomic mass is 19.1. The second kappa shape index (κ2) is 9.45. The number of piperidine rings is 1. The first-order chi connectivity index (χ1) is 16.2. The molecule has 0 atom stereocenters. The lowest BCUT2D eigenvalue weighted by molar-refractivity contribution is 0.0678. The Morgan fingerprint density at radius 2 is 1.64 bits per heavy atom. The molecule has 1 saturated heterocycles. The summed E-state index contributed by atoms with van der Waals surface area (Å²) in [5.41, 5.74) is 2.20. The van der Waals surface area contributed by atoms with Gasteiger partial charge < -0.3 is 14.2 Å². The highest BCUT2D eigenvalue weighted by Crippen LogP contribution is 2.25. The molecule has 4 aromatic rings. The minimum Gasteiger partial charge on any atom is -0.486 e. The molecular weight excluding hydrogens is 417 g/mol. The van der Waals surface area contributed by atoms with Crippen molar-refractivity contribution in [3.05, 3.63) is 96.1 Å². The average Bonchev–Trinajstić information content (AvgIpc) is 3.21. The Labute approximate surface area is 192 Å². The van der Waals surface area contributed by atoms with Crippen LogP contribution in [0.15, 0.2) is 78.9 Å². The zero-order valence-electron chi connectivity index (χ0n) is 18.4. The largest absolute Gasteiger partial charge is 0.486 e. The highest BCUT2D eigenvalue weighted by molar-refractivity contribution is 5.94. The fourth-order valence-corrected chi connectivity index (χ4v) is 4.49. The molecule has 1 aliphatic rings. The number of benzene rings is 3. The van der Waals surface area contributed by atoms with Crippen molar-refractivity contribution in [3.63, 3.8) is 0 Å². The Hall–Kier alpha value is -3.67. The Balaban J connectivity index is 1.28. The molecule has 1 aliphatic heterocycles. The molecule has 0 N–H and O–H groups in total. The first-order valence-corrected chi connectivity index (χ1v) is 11.3. The lowest BCUT2D eigenvalue weighted by Crippen LogP contribution is -2.39. The molecule has 0 radical (unpaired) electrons. The molecule has 1 aromatic heterocycles. The van der Waals surface area contributed by atoms with E-state index in [-0.39, 0.29) is 11.5 Å². The van der Waals surface area contributed by atoms with Crippen molar-refractivity contribution >= 4 is 16.9 Å². The van der Waals surface area contributed by atoms with Crippen molar-refractivity contribution in [3.8, 4) is 5.75 Å². The van der Waals surface area contributed by atoms with Crippen molar-refractivity contribution in [1.82, 2.24) is 14.5 Å². The number of halogens is 1. The van der Waals surface area contributed by atoms with Crippen molar-refractivity contribution in [1.29, 1.82) is 0 Å². The van der Waals surface area contributed by atoms with Crippen LogP contribution in [-0.4, -0.2) is 33.4 Å². The summed E-state index contributed by atoms with van der Waals surface area (Å²) in [6.45, 7) is 2.46. The van der Waals surface area contributed by atoms with Crippen LogP contribution in [0.4, 0.5) is 4.39 Å². The molecule has 0 bridgehead atoms. The van der Waals surface area contributed by atoms with E-state index < -0.39 is 5.82 Å². The van der Waals surface area contributed by atoms with E-state index in [4.69, 9.17) is 9.72 Å². The summed E-state index contributed by atoms with van der Waals surface area (Å²) in [7, 11) is 0. The molecule has 1 fully saturated rings. The first-order valence-electron chi connectivity index (χ1n) is 11.3. The van der Waals surface area contributed by atoms with Crippen molar-refractivity contribution < 1.29 is 13.9 Å². The predicted molar refractivity (Wildman–Crippen MR) is 126 cm³/mol. The minimum atomic E-state index is -0.461. The summed E-state index contributed by atoms with van der Waals surface area (Å²) in [6, 6.07) is 24.1. The summed E-state index contributed by atoms with van der Waals surface area (Å²) in [5.74, 6) is 1.43. The van der Waals surface area contributed by atoms with Crippen molar-refractivity contribution in [2.75, 3.05) is 13.1 Å². The second-order valence-electron chi connectivity index (χ2n) is 8.44. The lowest BCUT2D eigenvalue weighted by atomic mass is 9.96. The van der Waals surface area contributed by atoms with Gasteiger partial charge in [0.2, 0.25) is 0 Å². The minimum absolute atomic E-state index is 0.150. The normalized spacial score (nSPS) is 14.5. The van der Waals surface area contributed by atoms with E-state index in [9.17, 15) is 9.18 Å². The van der Waals surface area contributed by atoms with E-state index in [1.807, 2.05) is 48.5 Å². The quantitative estimate of drug-likeness (QED) is 0.406. The van der Waals surface area contributed by atoms with Gasteiger partial charge in [0.1, 0.15) is 24.0 Å². The van der Waals surface area contributed by atoms with Crippen LogP contribution in [0, 0.1) is 11.7 Å². The number of aromatic nitrogens is 2. The Morgan fingerprint density at radius 3 is 2.42 bits per heavy atom. The van der Waals surface area contributed by atoms with Gasteiger partial charge in [0, 0.05) is 19.6 Å². The molecule has 168 valence electrons. The summed E-state index contributed by atoms with van der Waals surface area (Å²) >= 11 is 0. The van der Waals surface area contributed by atoms with E-state index in [2.05, 4.69) is 10.6 Å². The third-order valence-corrected chi connectivity index (χ3v) is 6.29. The van der Waals surface area contributed by atoms with Gasteiger partial charge in [-0.25, -0.2) is 9.37 Å². The maximum atomic E-state index is 14.0. The molecule has 6 heteroatoms. The third kappa shape index (κ3) is 4.60. The van der Waals surface area contributed by atoms with E-state index in [0.717, 1.165) is 42.0 Å². The number of para-hydroxylation sites is 3. The topological polar surface area (TPSA) is 47.4 Å². The van der Waals surface area contributed by atoms with E-state index in [0.29, 0.717) is 25.6 Å². The Bertz CT molecular complexity index is 1250. The summed E-state index contributed by atoms with van der Waals surface area (Å²) in [5, 5.41) is 0. The number of rotatable bonds is 6. The number of hydrogen-bond acceptors (Lipinski definition) is 3. The molecule has 2 heterocycles. The standard InChI is InChI=1S/C27H26FN3O2/c28-23-11-5-4-10-22(23)27(32)30-16-14-20(15-17-30)18-31-25-13-7-6-12-24(25)29-26(31)19-33-21-8-2-1-3-9-21/h1-13,20H,14-19H2. The second-order valence-corrected chi connectivity index (χ2v) is 8.44. The molecule has 3 aromatic carbocycles. The number of nitrogens with zero attached hydrogens (tertiary/aromatic N) is 3. The van der Waals surface area contributed by atoms with Crippen molar-refractivity contribution in [2.24, 2.45) is 5.92 Å².